The molecule has 0 heterocycles. The van der Waals surface area contributed by atoms with Crippen molar-refractivity contribution in [3.8, 4) is 0 Å². The molecule has 0 radical (unpaired) electrons. The molecule has 0 atom stereocenters. The van der Waals surface area contributed by atoms with Gasteiger partial charge >= 0.3 is 0 Å². The molecule has 0 N–H and O–H groups in total. The fraction of sp³-hybridized carbons (Fsp3) is 0.438. The third kappa shape index (κ3) is 5.48. The van der Waals surface area contributed by atoms with E-state index in [1.165, 1.54) is 0 Å². The molecule has 0 aliphatic heterocycles. The molecule has 0 aromatic heterocycles. The van der Waals surface area contributed by atoms with Crippen LogP contribution in [0.4, 0.5) is 0 Å². The molecule has 94 valence electrons. The standard InChI is InChI=1S/C16H24O/c1-6-9-12-15(16(17)13(4)5)14(10-7-2)11-8-3/h6-7,9-10,12-13H,2,8,11H2,1,3-5H3/b9-6-,14-10-,15-12+. The largest absolute Gasteiger partial charge is 0.294 e. The third-order valence-corrected chi connectivity index (χ3v) is 2.43. The molecule has 17 heavy (non-hydrogen) atoms. The Balaban J connectivity index is 5.35. The van der Waals surface area contributed by atoms with Crippen LogP contribution in [0.25, 0.3) is 0 Å². The summed E-state index contributed by atoms with van der Waals surface area (Å²) in [5, 5.41) is 0. The molecule has 0 rings (SSSR count). The summed E-state index contributed by atoms with van der Waals surface area (Å²) >= 11 is 0. The van der Waals surface area contributed by atoms with E-state index < -0.39 is 0 Å². The van der Waals surface area contributed by atoms with Crippen molar-refractivity contribution in [1.29, 1.82) is 0 Å². The van der Waals surface area contributed by atoms with Gasteiger partial charge in [0, 0.05) is 11.5 Å². The van der Waals surface area contributed by atoms with Crippen molar-refractivity contribution in [2.45, 2.75) is 40.5 Å². The maximum absolute atomic E-state index is 12.2. The van der Waals surface area contributed by atoms with Crippen molar-refractivity contribution < 1.29 is 4.79 Å². The Kier molecular flexibility index (Phi) is 8.04. The molecule has 0 fully saturated rings. The molecule has 0 bridgehead atoms. The lowest BCUT2D eigenvalue weighted by Gasteiger charge is -2.12. The first-order valence-corrected chi connectivity index (χ1v) is 6.27. The van der Waals surface area contributed by atoms with E-state index in [-0.39, 0.29) is 11.7 Å². The fourth-order valence-electron chi connectivity index (χ4n) is 1.57. The Morgan fingerprint density at radius 2 is 1.94 bits per heavy atom. The van der Waals surface area contributed by atoms with Gasteiger partial charge in [-0.15, -0.1) is 0 Å². The molecular formula is C16H24O. The molecular weight excluding hydrogens is 208 g/mol. The molecule has 0 aliphatic carbocycles. The second-order valence-corrected chi connectivity index (χ2v) is 4.30. The average Bonchev–Trinajstić information content (AvgIpc) is 2.29. The zero-order valence-electron chi connectivity index (χ0n) is 11.5. The van der Waals surface area contributed by atoms with E-state index in [0.717, 1.165) is 24.0 Å². The minimum atomic E-state index is 0.0246. The van der Waals surface area contributed by atoms with E-state index >= 15 is 0 Å². The summed E-state index contributed by atoms with van der Waals surface area (Å²) in [7, 11) is 0. The number of rotatable bonds is 7. The van der Waals surface area contributed by atoms with Gasteiger partial charge in [-0.25, -0.2) is 0 Å². The quantitative estimate of drug-likeness (QED) is 0.462. The van der Waals surface area contributed by atoms with Crippen LogP contribution in [0.5, 0.6) is 0 Å². The van der Waals surface area contributed by atoms with Gasteiger partial charge in [0.25, 0.3) is 0 Å². The van der Waals surface area contributed by atoms with Gasteiger partial charge in [-0.3, -0.25) is 4.79 Å². The summed E-state index contributed by atoms with van der Waals surface area (Å²) in [5.74, 6) is 0.223. The smallest absolute Gasteiger partial charge is 0.165 e. The molecule has 1 nitrogen and oxygen atoms in total. The molecule has 0 spiro atoms. The van der Waals surface area contributed by atoms with Crippen molar-refractivity contribution in [2.75, 3.05) is 0 Å². The summed E-state index contributed by atoms with van der Waals surface area (Å²) in [5.41, 5.74) is 1.90. The van der Waals surface area contributed by atoms with Crippen molar-refractivity contribution in [3.05, 3.63) is 48.1 Å². The Bertz CT molecular complexity index is 341. The van der Waals surface area contributed by atoms with Gasteiger partial charge in [0.15, 0.2) is 5.78 Å². The topological polar surface area (TPSA) is 17.1 Å². The second-order valence-electron chi connectivity index (χ2n) is 4.30. The number of Topliss-reactive ketones (excluding diaryl/α,β-unsaturated/α-hetero) is 1. The van der Waals surface area contributed by atoms with Gasteiger partial charge < -0.3 is 0 Å². The number of allylic oxidation sites excluding steroid dienone is 7. The van der Waals surface area contributed by atoms with E-state index in [1.807, 2.05) is 45.1 Å². The van der Waals surface area contributed by atoms with Crippen molar-refractivity contribution >= 4 is 5.78 Å². The van der Waals surface area contributed by atoms with Crippen LogP contribution in [0, 0.1) is 5.92 Å². The number of carbonyl (C=O) groups excluding carboxylic acids is 1. The zero-order valence-corrected chi connectivity index (χ0v) is 11.5. The van der Waals surface area contributed by atoms with Gasteiger partial charge in [0.1, 0.15) is 0 Å². The predicted molar refractivity (Wildman–Crippen MR) is 75.9 cm³/mol. The number of hydrogen-bond donors (Lipinski definition) is 0. The zero-order chi connectivity index (χ0) is 13.3. The lowest BCUT2D eigenvalue weighted by molar-refractivity contribution is -0.118. The van der Waals surface area contributed by atoms with Crippen LogP contribution in [0.2, 0.25) is 0 Å². The first kappa shape index (κ1) is 15.6. The minimum absolute atomic E-state index is 0.0246. The van der Waals surface area contributed by atoms with Gasteiger partial charge in [0.05, 0.1) is 0 Å². The predicted octanol–water partition coefficient (Wildman–Crippen LogP) is 4.63. The summed E-state index contributed by atoms with van der Waals surface area (Å²) in [6.07, 6.45) is 11.4. The minimum Gasteiger partial charge on any atom is -0.294 e. The van der Waals surface area contributed by atoms with E-state index in [0.29, 0.717) is 0 Å². The normalized spacial score (nSPS) is 13.5. The first-order chi connectivity index (χ1) is 8.08. The van der Waals surface area contributed by atoms with Crippen molar-refractivity contribution in [1.82, 2.24) is 0 Å². The van der Waals surface area contributed by atoms with Crippen molar-refractivity contribution in [2.24, 2.45) is 5.92 Å². The maximum Gasteiger partial charge on any atom is 0.165 e. The van der Waals surface area contributed by atoms with E-state index in [9.17, 15) is 4.79 Å². The molecule has 1 heteroatoms. The second kappa shape index (κ2) is 8.74. The third-order valence-electron chi connectivity index (χ3n) is 2.43. The molecule has 0 aromatic rings. The average molecular weight is 232 g/mol. The van der Waals surface area contributed by atoms with Crippen LogP contribution in [0.3, 0.4) is 0 Å². The SMILES string of the molecule is C=C\C=C(CCC)/C(=C\C=C/C)C(=O)C(C)C. The highest BCUT2D eigenvalue weighted by Crippen LogP contribution is 2.20. The van der Waals surface area contributed by atoms with Crippen LogP contribution in [0.15, 0.2) is 48.1 Å². The Morgan fingerprint density at radius 3 is 2.35 bits per heavy atom. The lowest BCUT2D eigenvalue weighted by Crippen LogP contribution is -2.12. The number of carbonyl (C=O) groups is 1. The number of hydrogen-bond acceptors (Lipinski definition) is 1. The first-order valence-electron chi connectivity index (χ1n) is 6.27. The van der Waals surface area contributed by atoms with Crippen molar-refractivity contribution in [3.63, 3.8) is 0 Å². The van der Waals surface area contributed by atoms with Gasteiger partial charge in [0.2, 0.25) is 0 Å². The van der Waals surface area contributed by atoms with Gasteiger partial charge in [-0.05, 0) is 18.9 Å². The Morgan fingerprint density at radius 1 is 1.29 bits per heavy atom. The lowest BCUT2D eigenvalue weighted by atomic mass is 9.91. The Labute approximate surface area is 106 Å². The monoisotopic (exact) mass is 232 g/mol. The van der Waals surface area contributed by atoms with Crippen LogP contribution in [-0.2, 0) is 4.79 Å². The molecule has 0 saturated heterocycles. The van der Waals surface area contributed by atoms with Crippen LogP contribution in [-0.4, -0.2) is 5.78 Å². The molecule has 0 aromatic carbocycles. The summed E-state index contributed by atoms with van der Waals surface area (Å²) < 4.78 is 0. The highest BCUT2D eigenvalue weighted by atomic mass is 16.1. The maximum atomic E-state index is 12.2. The van der Waals surface area contributed by atoms with E-state index in [2.05, 4.69) is 13.5 Å². The van der Waals surface area contributed by atoms with Crippen LogP contribution in [0.1, 0.15) is 40.5 Å². The number of ketones is 1. The Hall–Kier alpha value is -1.37. The van der Waals surface area contributed by atoms with E-state index in [1.54, 1.807) is 6.08 Å². The molecule has 0 unspecified atom stereocenters. The molecule has 0 aliphatic rings. The highest BCUT2D eigenvalue weighted by Gasteiger charge is 2.16. The summed E-state index contributed by atoms with van der Waals surface area (Å²) in [4.78, 5) is 12.2. The molecule has 0 amide bonds. The highest BCUT2D eigenvalue weighted by molar-refractivity contribution is 6.01. The van der Waals surface area contributed by atoms with Gasteiger partial charge in [-0.2, -0.15) is 0 Å². The van der Waals surface area contributed by atoms with Crippen LogP contribution >= 0.6 is 0 Å². The van der Waals surface area contributed by atoms with Gasteiger partial charge in [-0.1, -0.05) is 64.2 Å². The van der Waals surface area contributed by atoms with E-state index in [4.69, 9.17) is 0 Å². The summed E-state index contributed by atoms with van der Waals surface area (Å²) in [6.45, 7) is 11.6. The molecule has 0 saturated carbocycles. The summed E-state index contributed by atoms with van der Waals surface area (Å²) in [6, 6.07) is 0. The van der Waals surface area contributed by atoms with Crippen LogP contribution < -0.4 is 0 Å². The fourth-order valence-corrected chi connectivity index (χ4v) is 1.57.